The van der Waals surface area contributed by atoms with Crippen molar-refractivity contribution >= 4 is 23.5 Å². The predicted molar refractivity (Wildman–Crippen MR) is 89.6 cm³/mol. The fourth-order valence-corrected chi connectivity index (χ4v) is 1.99. The van der Waals surface area contributed by atoms with Gasteiger partial charge in [0.25, 0.3) is 5.91 Å². The fraction of sp³-hybridized carbons (Fsp3) is 0.312. The second-order valence-corrected chi connectivity index (χ2v) is 5.28. The van der Waals surface area contributed by atoms with Crippen LogP contribution in [0.3, 0.4) is 0 Å². The van der Waals surface area contributed by atoms with Crippen molar-refractivity contribution in [1.82, 2.24) is 15.3 Å². The SMILES string of the molecule is COCCCNc1nccc(C(=O)NCc2ccc(Cl)cc2)n1. The molecule has 7 heteroatoms. The molecule has 1 amide bonds. The molecule has 2 aromatic rings. The van der Waals surface area contributed by atoms with Gasteiger partial charge in [-0.3, -0.25) is 4.79 Å². The first-order valence-corrected chi connectivity index (χ1v) is 7.65. The first-order valence-electron chi connectivity index (χ1n) is 7.27. The number of benzene rings is 1. The zero-order valence-electron chi connectivity index (χ0n) is 12.9. The lowest BCUT2D eigenvalue weighted by Crippen LogP contribution is -2.24. The third kappa shape index (κ3) is 5.84. The summed E-state index contributed by atoms with van der Waals surface area (Å²) in [5.41, 5.74) is 1.29. The molecule has 1 heterocycles. The van der Waals surface area contributed by atoms with Crippen molar-refractivity contribution < 1.29 is 9.53 Å². The molecule has 1 aromatic carbocycles. The summed E-state index contributed by atoms with van der Waals surface area (Å²) in [6.07, 6.45) is 2.40. The Kier molecular flexibility index (Phi) is 6.77. The molecule has 2 rings (SSSR count). The third-order valence-corrected chi connectivity index (χ3v) is 3.31. The van der Waals surface area contributed by atoms with E-state index in [2.05, 4.69) is 20.6 Å². The average Bonchev–Trinajstić information content (AvgIpc) is 2.58. The van der Waals surface area contributed by atoms with Crippen LogP contribution in [0.5, 0.6) is 0 Å². The number of aromatic nitrogens is 2. The van der Waals surface area contributed by atoms with E-state index in [-0.39, 0.29) is 5.91 Å². The summed E-state index contributed by atoms with van der Waals surface area (Å²) in [7, 11) is 1.65. The Bertz CT molecular complexity index is 634. The summed E-state index contributed by atoms with van der Waals surface area (Å²) < 4.78 is 4.97. The van der Waals surface area contributed by atoms with Crippen molar-refractivity contribution in [2.75, 3.05) is 25.6 Å². The lowest BCUT2D eigenvalue weighted by molar-refractivity contribution is 0.0946. The van der Waals surface area contributed by atoms with Crippen LogP contribution in [0, 0.1) is 0 Å². The normalized spacial score (nSPS) is 10.3. The van der Waals surface area contributed by atoms with Crippen LogP contribution < -0.4 is 10.6 Å². The monoisotopic (exact) mass is 334 g/mol. The number of amides is 1. The summed E-state index contributed by atoms with van der Waals surface area (Å²) >= 11 is 5.83. The van der Waals surface area contributed by atoms with Gasteiger partial charge in [0.1, 0.15) is 5.69 Å². The minimum atomic E-state index is -0.248. The van der Waals surface area contributed by atoms with E-state index in [4.69, 9.17) is 16.3 Å². The van der Waals surface area contributed by atoms with Gasteiger partial charge in [0, 0.05) is 38.0 Å². The minimum absolute atomic E-state index is 0.248. The maximum atomic E-state index is 12.1. The molecule has 0 atom stereocenters. The molecule has 0 fully saturated rings. The number of halogens is 1. The lowest BCUT2D eigenvalue weighted by Gasteiger charge is -2.07. The van der Waals surface area contributed by atoms with Gasteiger partial charge in [-0.15, -0.1) is 0 Å². The summed E-state index contributed by atoms with van der Waals surface area (Å²) in [5.74, 6) is 0.183. The Balaban J connectivity index is 1.87. The Morgan fingerprint density at radius 3 is 2.78 bits per heavy atom. The van der Waals surface area contributed by atoms with Crippen molar-refractivity contribution in [2.24, 2.45) is 0 Å². The Hall–Kier alpha value is -2.18. The van der Waals surface area contributed by atoms with Crippen LogP contribution in [-0.4, -0.2) is 36.1 Å². The van der Waals surface area contributed by atoms with Crippen LogP contribution in [0.25, 0.3) is 0 Å². The Morgan fingerprint density at radius 2 is 2.04 bits per heavy atom. The molecule has 0 radical (unpaired) electrons. The highest BCUT2D eigenvalue weighted by molar-refractivity contribution is 6.30. The van der Waals surface area contributed by atoms with E-state index in [9.17, 15) is 4.79 Å². The highest BCUT2D eigenvalue weighted by Gasteiger charge is 2.08. The van der Waals surface area contributed by atoms with Crippen LogP contribution >= 0.6 is 11.6 Å². The molecule has 0 aliphatic carbocycles. The number of carbonyl (C=O) groups is 1. The van der Waals surface area contributed by atoms with Crippen LogP contribution in [0.1, 0.15) is 22.5 Å². The minimum Gasteiger partial charge on any atom is -0.385 e. The quantitative estimate of drug-likeness (QED) is 0.725. The highest BCUT2D eigenvalue weighted by Crippen LogP contribution is 2.09. The number of carbonyl (C=O) groups excluding carboxylic acids is 1. The first kappa shape index (κ1) is 17.2. The van der Waals surface area contributed by atoms with Gasteiger partial charge >= 0.3 is 0 Å². The van der Waals surface area contributed by atoms with Gasteiger partial charge in [0.15, 0.2) is 0 Å². The molecular formula is C16H19ClN4O2. The summed E-state index contributed by atoms with van der Waals surface area (Å²) in [6, 6.07) is 8.89. The number of rotatable bonds is 8. The largest absolute Gasteiger partial charge is 0.385 e. The molecular weight excluding hydrogens is 316 g/mol. The molecule has 0 saturated carbocycles. The predicted octanol–water partition coefficient (Wildman–Crippen LogP) is 2.51. The average molecular weight is 335 g/mol. The number of nitrogens with zero attached hydrogens (tertiary/aromatic N) is 2. The van der Waals surface area contributed by atoms with Gasteiger partial charge in [-0.1, -0.05) is 23.7 Å². The van der Waals surface area contributed by atoms with E-state index in [1.807, 2.05) is 12.1 Å². The van der Waals surface area contributed by atoms with E-state index >= 15 is 0 Å². The van der Waals surface area contributed by atoms with Gasteiger partial charge in [-0.05, 0) is 30.2 Å². The van der Waals surface area contributed by atoms with E-state index < -0.39 is 0 Å². The number of anilines is 1. The summed E-state index contributed by atoms with van der Waals surface area (Å²) in [4.78, 5) is 20.4. The molecule has 122 valence electrons. The molecule has 0 aliphatic heterocycles. The van der Waals surface area contributed by atoms with Crippen LogP contribution in [-0.2, 0) is 11.3 Å². The van der Waals surface area contributed by atoms with E-state index in [1.165, 1.54) is 0 Å². The number of methoxy groups -OCH3 is 1. The van der Waals surface area contributed by atoms with E-state index in [1.54, 1.807) is 31.5 Å². The van der Waals surface area contributed by atoms with Gasteiger partial charge in [-0.2, -0.15) is 0 Å². The van der Waals surface area contributed by atoms with Gasteiger partial charge < -0.3 is 15.4 Å². The van der Waals surface area contributed by atoms with Crippen molar-refractivity contribution in [3.8, 4) is 0 Å². The summed E-state index contributed by atoms with van der Waals surface area (Å²) in [6.45, 7) is 1.76. The topological polar surface area (TPSA) is 76.1 Å². The third-order valence-electron chi connectivity index (χ3n) is 3.06. The van der Waals surface area contributed by atoms with Crippen molar-refractivity contribution in [1.29, 1.82) is 0 Å². The van der Waals surface area contributed by atoms with Crippen molar-refractivity contribution in [2.45, 2.75) is 13.0 Å². The maximum absolute atomic E-state index is 12.1. The zero-order valence-corrected chi connectivity index (χ0v) is 13.6. The van der Waals surface area contributed by atoms with Crippen molar-refractivity contribution in [3.63, 3.8) is 0 Å². The zero-order chi connectivity index (χ0) is 16.5. The molecule has 0 unspecified atom stereocenters. The second kappa shape index (κ2) is 9.07. The van der Waals surface area contributed by atoms with Gasteiger partial charge in [0.2, 0.25) is 5.95 Å². The Morgan fingerprint density at radius 1 is 1.26 bits per heavy atom. The molecule has 0 spiro atoms. The maximum Gasteiger partial charge on any atom is 0.270 e. The molecule has 0 aliphatic rings. The smallest absolute Gasteiger partial charge is 0.270 e. The fourth-order valence-electron chi connectivity index (χ4n) is 1.86. The number of hydrogen-bond donors (Lipinski definition) is 2. The molecule has 6 nitrogen and oxygen atoms in total. The van der Waals surface area contributed by atoms with Crippen LogP contribution in [0.4, 0.5) is 5.95 Å². The number of ether oxygens (including phenoxy) is 1. The molecule has 1 aromatic heterocycles. The second-order valence-electron chi connectivity index (χ2n) is 4.85. The van der Waals surface area contributed by atoms with Gasteiger partial charge in [0.05, 0.1) is 0 Å². The number of nitrogens with one attached hydrogen (secondary N) is 2. The lowest BCUT2D eigenvalue weighted by atomic mass is 10.2. The highest BCUT2D eigenvalue weighted by atomic mass is 35.5. The van der Waals surface area contributed by atoms with Crippen LogP contribution in [0.2, 0.25) is 5.02 Å². The van der Waals surface area contributed by atoms with Gasteiger partial charge in [-0.25, -0.2) is 9.97 Å². The Labute approximate surface area is 140 Å². The van der Waals surface area contributed by atoms with Crippen LogP contribution in [0.15, 0.2) is 36.5 Å². The number of hydrogen-bond acceptors (Lipinski definition) is 5. The first-order chi connectivity index (χ1) is 11.2. The molecule has 0 saturated heterocycles. The van der Waals surface area contributed by atoms with E-state index in [0.29, 0.717) is 36.4 Å². The molecule has 2 N–H and O–H groups in total. The molecule has 23 heavy (non-hydrogen) atoms. The standard InChI is InChI=1S/C16H19ClN4O2/c1-23-10-2-8-18-16-19-9-7-14(21-16)15(22)20-11-12-3-5-13(17)6-4-12/h3-7,9H,2,8,10-11H2,1H3,(H,20,22)(H,18,19,21). The summed E-state index contributed by atoms with van der Waals surface area (Å²) in [5, 5.41) is 6.54. The van der Waals surface area contributed by atoms with E-state index in [0.717, 1.165) is 12.0 Å². The molecule has 0 bridgehead atoms. The van der Waals surface area contributed by atoms with Crippen molar-refractivity contribution in [3.05, 3.63) is 52.8 Å².